The van der Waals surface area contributed by atoms with E-state index in [4.69, 9.17) is 0 Å². The van der Waals surface area contributed by atoms with Gasteiger partial charge in [-0.1, -0.05) is 5.21 Å². The van der Waals surface area contributed by atoms with Gasteiger partial charge in [-0.15, -0.1) is 5.10 Å². The topological polar surface area (TPSA) is 43.1 Å². The van der Waals surface area contributed by atoms with Gasteiger partial charge in [-0.2, -0.15) is 0 Å². The first-order chi connectivity index (χ1) is 8.24. The molecule has 3 rings (SSSR count). The molecule has 0 radical (unpaired) electrons. The van der Waals surface area contributed by atoms with Gasteiger partial charge in [0.2, 0.25) is 0 Å². The fourth-order valence-corrected chi connectivity index (χ4v) is 1.86. The number of hydrogen-bond donors (Lipinski definition) is 0. The maximum atomic E-state index is 12.8. The van der Waals surface area contributed by atoms with Gasteiger partial charge in [-0.05, 0) is 40.2 Å². The van der Waals surface area contributed by atoms with Crippen molar-refractivity contribution in [3.63, 3.8) is 0 Å². The summed E-state index contributed by atoms with van der Waals surface area (Å²) in [5, 5.41) is 8.00. The van der Waals surface area contributed by atoms with Gasteiger partial charge < -0.3 is 0 Å². The number of hydrogen-bond acceptors (Lipinski definition) is 3. The van der Waals surface area contributed by atoms with Crippen LogP contribution in [0.25, 0.3) is 16.9 Å². The van der Waals surface area contributed by atoms with Crippen molar-refractivity contribution in [2.45, 2.75) is 0 Å². The van der Waals surface area contributed by atoms with E-state index in [0.717, 1.165) is 10.0 Å². The van der Waals surface area contributed by atoms with E-state index in [1.54, 1.807) is 29.0 Å². The SMILES string of the molecule is Fc1ccc(-c2nnn3cc(Br)cnc23)cc1. The van der Waals surface area contributed by atoms with E-state index in [0.29, 0.717) is 11.3 Å². The smallest absolute Gasteiger partial charge is 0.183 e. The Kier molecular flexibility index (Phi) is 2.36. The number of benzene rings is 1. The van der Waals surface area contributed by atoms with Crippen LogP contribution in [-0.4, -0.2) is 19.8 Å². The van der Waals surface area contributed by atoms with Crippen LogP contribution in [0.5, 0.6) is 0 Å². The van der Waals surface area contributed by atoms with Crippen molar-refractivity contribution in [1.29, 1.82) is 0 Å². The van der Waals surface area contributed by atoms with Crippen LogP contribution in [0.1, 0.15) is 0 Å². The summed E-state index contributed by atoms with van der Waals surface area (Å²) >= 11 is 3.31. The Morgan fingerprint density at radius 2 is 1.94 bits per heavy atom. The van der Waals surface area contributed by atoms with Crippen LogP contribution in [-0.2, 0) is 0 Å². The van der Waals surface area contributed by atoms with E-state index in [-0.39, 0.29) is 5.82 Å². The van der Waals surface area contributed by atoms with E-state index in [9.17, 15) is 4.39 Å². The highest BCUT2D eigenvalue weighted by Gasteiger charge is 2.09. The Morgan fingerprint density at radius 1 is 1.18 bits per heavy atom. The molecule has 17 heavy (non-hydrogen) atoms. The van der Waals surface area contributed by atoms with Gasteiger partial charge in [0, 0.05) is 18.0 Å². The zero-order valence-corrected chi connectivity index (χ0v) is 10.1. The number of nitrogens with zero attached hydrogens (tertiary/aromatic N) is 4. The molecular weight excluding hydrogens is 287 g/mol. The Morgan fingerprint density at radius 3 is 2.71 bits per heavy atom. The maximum Gasteiger partial charge on any atom is 0.183 e. The second kappa shape index (κ2) is 3.89. The Labute approximate surface area is 104 Å². The third-order valence-electron chi connectivity index (χ3n) is 2.34. The molecule has 0 aliphatic rings. The zero-order valence-electron chi connectivity index (χ0n) is 8.51. The molecule has 0 aliphatic heterocycles. The normalized spacial score (nSPS) is 10.9. The summed E-state index contributed by atoms with van der Waals surface area (Å²) in [6.45, 7) is 0. The summed E-state index contributed by atoms with van der Waals surface area (Å²) in [7, 11) is 0. The van der Waals surface area contributed by atoms with Gasteiger partial charge in [0.25, 0.3) is 0 Å². The molecule has 4 nitrogen and oxygen atoms in total. The number of halogens is 2. The first-order valence-corrected chi connectivity index (χ1v) is 5.66. The standard InChI is InChI=1S/C11H6BrFN4/c12-8-5-14-11-10(15-16-17(11)6-8)7-1-3-9(13)4-2-7/h1-6H. The van der Waals surface area contributed by atoms with Crippen LogP contribution in [0.2, 0.25) is 0 Å². The molecule has 2 heterocycles. The summed E-state index contributed by atoms with van der Waals surface area (Å²) in [5.41, 5.74) is 2.06. The highest BCUT2D eigenvalue weighted by atomic mass is 79.9. The van der Waals surface area contributed by atoms with Gasteiger partial charge in [-0.3, -0.25) is 0 Å². The first kappa shape index (κ1) is 10.3. The maximum absolute atomic E-state index is 12.8. The van der Waals surface area contributed by atoms with Crippen molar-refractivity contribution in [1.82, 2.24) is 19.8 Å². The van der Waals surface area contributed by atoms with E-state index < -0.39 is 0 Å². The van der Waals surface area contributed by atoms with E-state index in [1.165, 1.54) is 12.1 Å². The minimum atomic E-state index is -0.277. The molecule has 2 aromatic heterocycles. The largest absolute Gasteiger partial charge is 0.234 e. The van der Waals surface area contributed by atoms with Gasteiger partial charge in [-0.25, -0.2) is 13.9 Å². The molecule has 0 saturated carbocycles. The third kappa shape index (κ3) is 1.80. The fraction of sp³-hybridized carbons (Fsp3) is 0. The fourth-order valence-electron chi connectivity index (χ4n) is 1.56. The molecule has 6 heteroatoms. The Bertz CT molecular complexity index is 678. The molecule has 0 N–H and O–H groups in total. The van der Waals surface area contributed by atoms with Crippen LogP contribution >= 0.6 is 15.9 Å². The minimum absolute atomic E-state index is 0.277. The lowest BCUT2D eigenvalue weighted by Crippen LogP contribution is -1.89. The first-order valence-electron chi connectivity index (χ1n) is 4.86. The zero-order chi connectivity index (χ0) is 11.8. The summed E-state index contributed by atoms with van der Waals surface area (Å²) in [6.07, 6.45) is 3.44. The monoisotopic (exact) mass is 292 g/mol. The van der Waals surface area contributed by atoms with Gasteiger partial charge in [0.05, 0.1) is 4.47 Å². The van der Waals surface area contributed by atoms with E-state index in [1.807, 2.05) is 0 Å². The van der Waals surface area contributed by atoms with Crippen molar-refractivity contribution in [2.75, 3.05) is 0 Å². The molecule has 0 amide bonds. The summed E-state index contributed by atoms with van der Waals surface area (Å²) in [6, 6.07) is 6.09. The van der Waals surface area contributed by atoms with Crippen molar-refractivity contribution in [3.8, 4) is 11.3 Å². The Balaban J connectivity index is 2.21. The second-order valence-corrected chi connectivity index (χ2v) is 4.40. The van der Waals surface area contributed by atoms with Gasteiger partial charge in [0.1, 0.15) is 11.5 Å². The quantitative estimate of drug-likeness (QED) is 0.693. The lowest BCUT2D eigenvalue weighted by molar-refractivity contribution is 0.628. The highest BCUT2D eigenvalue weighted by molar-refractivity contribution is 9.10. The molecular formula is C11H6BrFN4. The number of aromatic nitrogens is 4. The van der Waals surface area contributed by atoms with Crippen LogP contribution in [0.15, 0.2) is 41.1 Å². The average Bonchev–Trinajstić information content (AvgIpc) is 2.73. The van der Waals surface area contributed by atoms with Gasteiger partial charge in [0.15, 0.2) is 5.65 Å². The van der Waals surface area contributed by atoms with Crippen LogP contribution in [0, 0.1) is 5.82 Å². The molecule has 0 bridgehead atoms. The molecule has 0 aliphatic carbocycles. The molecule has 84 valence electrons. The third-order valence-corrected chi connectivity index (χ3v) is 2.75. The van der Waals surface area contributed by atoms with Crippen molar-refractivity contribution in [2.24, 2.45) is 0 Å². The molecule has 0 atom stereocenters. The average molecular weight is 293 g/mol. The highest BCUT2D eigenvalue weighted by Crippen LogP contribution is 2.21. The summed E-state index contributed by atoms with van der Waals surface area (Å²) < 4.78 is 15.2. The predicted octanol–water partition coefficient (Wildman–Crippen LogP) is 2.69. The van der Waals surface area contributed by atoms with Crippen molar-refractivity contribution >= 4 is 21.6 Å². The minimum Gasteiger partial charge on any atom is -0.234 e. The Hall–Kier alpha value is -1.82. The van der Waals surface area contributed by atoms with E-state index >= 15 is 0 Å². The predicted molar refractivity (Wildman–Crippen MR) is 63.9 cm³/mol. The van der Waals surface area contributed by atoms with Crippen LogP contribution in [0.4, 0.5) is 4.39 Å². The van der Waals surface area contributed by atoms with E-state index in [2.05, 4.69) is 31.2 Å². The molecule has 0 unspecified atom stereocenters. The molecule has 0 fully saturated rings. The second-order valence-electron chi connectivity index (χ2n) is 3.49. The molecule has 0 saturated heterocycles. The molecule has 1 aromatic carbocycles. The van der Waals surface area contributed by atoms with Crippen LogP contribution < -0.4 is 0 Å². The summed E-state index contributed by atoms with van der Waals surface area (Å²) in [4.78, 5) is 4.24. The van der Waals surface area contributed by atoms with Gasteiger partial charge >= 0.3 is 0 Å². The molecule has 3 aromatic rings. The number of rotatable bonds is 1. The lowest BCUT2D eigenvalue weighted by Gasteiger charge is -1.97. The lowest BCUT2D eigenvalue weighted by atomic mass is 10.1. The van der Waals surface area contributed by atoms with Crippen molar-refractivity contribution < 1.29 is 4.39 Å². The van der Waals surface area contributed by atoms with Crippen molar-refractivity contribution in [3.05, 3.63) is 46.9 Å². The molecule has 0 spiro atoms. The van der Waals surface area contributed by atoms with Crippen LogP contribution in [0.3, 0.4) is 0 Å². The summed E-state index contributed by atoms with van der Waals surface area (Å²) in [5.74, 6) is -0.277. The number of fused-ring (bicyclic) bond motifs is 1.